The number of carbonyl (C=O) groups excluding carboxylic acids is 1. The number of benzene rings is 1. The van der Waals surface area contributed by atoms with E-state index in [1.54, 1.807) is 4.52 Å². The lowest BCUT2D eigenvalue weighted by Gasteiger charge is -2.36. The van der Waals surface area contributed by atoms with Gasteiger partial charge in [0, 0.05) is 43.1 Å². The molecule has 1 aromatic carbocycles. The summed E-state index contributed by atoms with van der Waals surface area (Å²) >= 11 is 0. The number of piperidine rings is 1. The largest absolute Gasteiger partial charge is 0.481 e. The summed E-state index contributed by atoms with van der Waals surface area (Å²) in [5.74, 6) is 1.50. The highest BCUT2D eigenvalue weighted by atomic mass is 16.5. The molecular weight excluding hydrogens is 448 g/mol. The molecule has 2 aromatic heterocycles. The Bertz CT molecular complexity index is 1280. The lowest BCUT2D eigenvalue weighted by atomic mass is 9.92. The zero-order valence-corrected chi connectivity index (χ0v) is 19.1. The van der Waals surface area contributed by atoms with Gasteiger partial charge in [-0.05, 0) is 36.2 Å². The number of amides is 1. The highest BCUT2D eigenvalue weighted by Crippen LogP contribution is 2.26. The number of nitrogens with one attached hydrogen (secondary N) is 2. The van der Waals surface area contributed by atoms with Gasteiger partial charge < -0.3 is 20.5 Å². The van der Waals surface area contributed by atoms with Gasteiger partial charge in [-0.25, -0.2) is 14.3 Å². The number of hydrogen-bond acceptors (Lipinski definition) is 7. The van der Waals surface area contributed by atoms with Crippen molar-refractivity contribution >= 4 is 29.1 Å². The SMILES string of the molecule is C#Cc1cccc(Nc2ncnn3ccc(CN4CCC(NC(=O)OCC=C)[C@@H](C(=O)O)C4)c23)c1. The zero-order valence-electron chi connectivity index (χ0n) is 19.1. The molecule has 3 N–H and O–H groups in total. The van der Waals surface area contributed by atoms with Gasteiger partial charge in [0.2, 0.25) is 0 Å². The molecule has 2 atom stereocenters. The average molecular weight is 475 g/mol. The second kappa shape index (κ2) is 10.7. The second-order valence-corrected chi connectivity index (χ2v) is 8.20. The van der Waals surface area contributed by atoms with Crippen molar-refractivity contribution in [2.45, 2.75) is 19.0 Å². The van der Waals surface area contributed by atoms with E-state index in [1.807, 2.05) is 36.5 Å². The lowest BCUT2D eigenvalue weighted by Crippen LogP contribution is -2.53. The van der Waals surface area contributed by atoms with E-state index in [1.165, 1.54) is 12.4 Å². The Balaban J connectivity index is 1.51. The Kier molecular flexibility index (Phi) is 7.28. The standard InChI is InChI=1S/C25H26N6O4/c1-3-12-35-25(34)29-21-9-10-30(15-20(21)24(32)33)14-18-8-11-31-22(18)23(26-16-27-31)28-19-7-5-6-17(4-2)13-19/h2-3,5-8,11,13,16,20-21H,1,9-10,12,14-15H2,(H,29,34)(H,32,33)(H,26,27,28)/t20-,21?/m0/s1. The minimum absolute atomic E-state index is 0.0651. The van der Waals surface area contributed by atoms with Gasteiger partial charge in [0.05, 0.1) is 5.92 Å². The molecule has 10 nitrogen and oxygen atoms in total. The van der Waals surface area contributed by atoms with E-state index in [9.17, 15) is 14.7 Å². The summed E-state index contributed by atoms with van der Waals surface area (Å²) in [4.78, 5) is 30.3. The molecule has 180 valence electrons. The fourth-order valence-corrected chi connectivity index (χ4v) is 4.22. The molecule has 10 heteroatoms. The Hall–Kier alpha value is -4.36. The van der Waals surface area contributed by atoms with Crippen LogP contribution in [0.25, 0.3) is 5.52 Å². The maximum absolute atomic E-state index is 11.9. The Morgan fingerprint density at radius 3 is 3.00 bits per heavy atom. The van der Waals surface area contributed by atoms with Crippen LogP contribution in [0.1, 0.15) is 17.5 Å². The first-order chi connectivity index (χ1) is 17.0. The highest BCUT2D eigenvalue weighted by molar-refractivity contribution is 5.77. The number of aromatic nitrogens is 3. The topological polar surface area (TPSA) is 121 Å². The van der Waals surface area contributed by atoms with Gasteiger partial charge in [0.1, 0.15) is 18.5 Å². The van der Waals surface area contributed by atoms with E-state index in [-0.39, 0.29) is 13.2 Å². The van der Waals surface area contributed by atoms with Crippen molar-refractivity contribution in [2.75, 3.05) is 25.0 Å². The van der Waals surface area contributed by atoms with Gasteiger partial charge in [-0.1, -0.05) is 24.6 Å². The number of nitrogens with zero attached hydrogens (tertiary/aromatic N) is 4. The zero-order chi connectivity index (χ0) is 24.8. The number of aliphatic carboxylic acids is 1. The van der Waals surface area contributed by atoms with Crippen LogP contribution in [-0.4, -0.2) is 62.4 Å². The number of terminal acetylenes is 1. The molecule has 1 fully saturated rings. The monoisotopic (exact) mass is 474 g/mol. The minimum Gasteiger partial charge on any atom is -0.481 e. The Morgan fingerprint density at radius 2 is 2.23 bits per heavy atom. The van der Waals surface area contributed by atoms with Crippen LogP contribution >= 0.6 is 0 Å². The number of anilines is 2. The summed E-state index contributed by atoms with van der Waals surface area (Å²) in [6.45, 7) is 4.95. The maximum atomic E-state index is 11.9. The fourth-order valence-electron chi connectivity index (χ4n) is 4.22. The van der Waals surface area contributed by atoms with Gasteiger partial charge >= 0.3 is 12.1 Å². The van der Waals surface area contributed by atoms with Crippen molar-refractivity contribution in [3.63, 3.8) is 0 Å². The van der Waals surface area contributed by atoms with Gasteiger partial charge in [0.25, 0.3) is 0 Å². The summed E-state index contributed by atoms with van der Waals surface area (Å²) < 4.78 is 6.68. The molecule has 3 heterocycles. The number of carboxylic acids is 1. The maximum Gasteiger partial charge on any atom is 0.407 e. The first-order valence-corrected chi connectivity index (χ1v) is 11.1. The number of ether oxygens (including phenoxy) is 1. The number of fused-ring (bicyclic) bond motifs is 1. The Labute approximate surface area is 202 Å². The van der Waals surface area contributed by atoms with Crippen LogP contribution in [0.3, 0.4) is 0 Å². The number of alkyl carbamates (subject to hydrolysis) is 1. The van der Waals surface area contributed by atoms with Crippen molar-refractivity contribution in [3.8, 4) is 12.3 Å². The molecule has 35 heavy (non-hydrogen) atoms. The van der Waals surface area contributed by atoms with Crippen LogP contribution < -0.4 is 10.6 Å². The third-order valence-electron chi connectivity index (χ3n) is 5.87. The van der Waals surface area contributed by atoms with Crippen LogP contribution in [-0.2, 0) is 16.1 Å². The summed E-state index contributed by atoms with van der Waals surface area (Å²) in [6.07, 6.45) is 10.1. The van der Waals surface area contributed by atoms with Gasteiger partial charge in [-0.3, -0.25) is 9.69 Å². The summed E-state index contributed by atoms with van der Waals surface area (Å²) in [6, 6.07) is 8.90. The van der Waals surface area contributed by atoms with Gasteiger partial charge in [-0.15, -0.1) is 6.42 Å². The molecule has 1 amide bonds. The molecule has 1 unspecified atom stereocenters. The van der Waals surface area contributed by atoms with Crippen LogP contribution in [0, 0.1) is 18.3 Å². The summed E-state index contributed by atoms with van der Waals surface area (Å²) in [5, 5.41) is 20.1. The minimum atomic E-state index is -0.968. The van der Waals surface area contributed by atoms with Crippen molar-refractivity contribution in [1.29, 1.82) is 0 Å². The van der Waals surface area contributed by atoms with E-state index >= 15 is 0 Å². The number of carboxylic acid groups (broad SMARTS) is 1. The van der Waals surface area contributed by atoms with E-state index in [0.717, 1.165) is 22.3 Å². The van der Waals surface area contributed by atoms with E-state index in [4.69, 9.17) is 11.2 Å². The van der Waals surface area contributed by atoms with Crippen molar-refractivity contribution in [1.82, 2.24) is 24.8 Å². The normalized spacial score (nSPS) is 17.9. The van der Waals surface area contributed by atoms with Gasteiger partial charge in [-0.2, -0.15) is 5.10 Å². The predicted octanol–water partition coefficient (Wildman–Crippen LogP) is 2.64. The molecule has 0 aliphatic carbocycles. The molecule has 0 bridgehead atoms. The Morgan fingerprint density at radius 1 is 1.37 bits per heavy atom. The highest BCUT2D eigenvalue weighted by Gasteiger charge is 2.35. The van der Waals surface area contributed by atoms with E-state index in [0.29, 0.717) is 25.3 Å². The predicted molar refractivity (Wildman–Crippen MR) is 130 cm³/mol. The third kappa shape index (κ3) is 5.59. The number of carbonyl (C=O) groups is 2. The number of hydrogen-bond donors (Lipinski definition) is 3. The first-order valence-electron chi connectivity index (χ1n) is 11.1. The molecule has 0 spiro atoms. The second-order valence-electron chi connectivity index (χ2n) is 8.20. The fraction of sp³-hybridized carbons (Fsp3) is 0.280. The number of likely N-dealkylation sites (tertiary alicyclic amines) is 1. The summed E-state index contributed by atoms with van der Waals surface area (Å²) in [5.41, 5.74) is 3.29. The summed E-state index contributed by atoms with van der Waals surface area (Å²) in [7, 11) is 0. The number of rotatable bonds is 8. The molecular formula is C25H26N6O4. The van der Waals surface area contributed by atoms with E-state index in [2.05, 4.69) is 38.1 Å². The lowest BCUT2D eigenvalue weighted by molar-refractivity contribution is -0.144. The third-order valence-corrected chi connectivity index (χ3v) is 5.87. The first kappa shape index (κ1) is 23.8. The quantitative estimate of drug-likeness (QED) is 0.337. The molecule has 3 aromatic rings. The molecule has 0 radical (unpaired) electrons. The van der Waals surface area contributed by atoms with Crippen LogP contribution in [0.5, 0.6) is 0 Å². The molecule has 0 saturated carbocycles. The van der Waals surface area contributed by atoms with Crippen molar-refractivity contribution in [3.05, 3.63) is 66.6 Å². The van der Waals surface area contributed by atoms with Crippen LogP contribution in [0.4, 0.5) is 16.3 Å². The molecule has 1 aliphatic rings. The van der Waals surface area contributed by atoms with Crippen LogP contribution in [0.2, 0.25) is 0 Å². The van der Waals surface area contributed by atoms with E-state index < -0.39 is 24.0 Å². The van der Waals surface area contributed by atoms with Crippen molar-refractivity contribution < 1.29 is 19.4 Å². The smallest absolute Gasteiger partial charge is 0.407 e. The molecule has 4 rings (SSSR count). The average Bonchev–Trinajstić information content (AvgIpc) is 3.27. The molecule has 1 aliphatic heterocycles. The van der Waals surface area contributed by atoms with Crippen molar-refractivity contribution in [2.24, 2.45) is 5.92 Å². The molecule has 1 saturated heterocycles. The van der Waals surface area contributed by atoms with Crippen LogP contribution in [0.15, 0.2) is 55.5 Å². The van der Waals surface area contributed by atoms with Gasteiger partial charge in [0.15, 0.2) is 5.82 Å².